The van der Waals surface area contributed by atoms with Crippen LogP contribution in [0.15, 0.2) is 0 Å². The van der Waals surface area contributed by atoms with Gasteiger partial charge >= 0.3 is 0 Å². The molecule has 2 saturated carbocycles. The maximum absolute atomic E-state index is 6.09. The minimum absolute atomic E-state index is 0.318. The van der Waals surface area contributed by atoms with Gasteiger partial charge in [0.25, 0.3) is 0 Å². The van der Waals surface area contributed by atoms with Crippen LogP contribution in [0, 0.1) is 11.8 Å². The Balaban J connectivity index is 2.11. The number of nitrogens with two attached hydrogens (primary N) is 1. The summed E-state index contributed by atoms with van der Waals surface area (Å²) in [7, 11) is 2.30. The molecule has 0 aliphatic heterocycles. The number of hydrogen-bond acceptors (Lipinski definition) is 2. The van der Waals surface area contributed by atoms with Crippen LogP contribution in [0.25, 0.3) is 0 Å². The van der Waals surface area contributed by atoms with Gasteiger partial charge in [-0.1, -0.05) is 13.8 Å². The van der Waals surface area contributed by atoms with Gasteiger partial charge in [0.05, 0.1) is 0 Å². The molecule has 0 saturated heterocycles. The average Bonchev–Trinajstić information content (AvgIpc) is 2.98. The molecule has 0 aromatic carbocycles. The molecule has 0 bridgehead atoms. The summed E-state index contributed by atoms with van der Waals surface area (Å²) < 4.78 is 0. The molecule has 2 aliphatic rings. The second-order valence-corrected chi connectivity index (χ2v) is 6.12. The van der Waals surface area contributed by atoms with E-state index in [1.807, 2.05) is 0 Å². The Labute approximate surface area is 94.2 Å². The largest absolute Gasteiger partial charge is 0.329 e. The SMILES string of the molecule is CC1CC(C)CC(CN)(N(C)C2CC2)C1. The molecule has 0 amide bonds. The second-order valence-electron chi connectivity index (χ2n) is 6.12. The van der Waals surface area contributed by atoms with Gasteiger partial charge in [-0.2, -0.15) is 0 Å². The third-order valence-corrected chi connectivity index (χ3v) is 4.48. The standard InChI is InChI=1S/C13H26N2/c1-10-6-11(2)8-13(7-10,9-14)15(3)12-4-5-12/h10-12H,4-9,14H2,1-3H3. The Morgan fingerprint density at radius 1 is 1.20 bits per heavy atom. The first-order chi connectivity index (χ1) is 7.07. The highest BCUT2D eigenvalue weighted by Crippen LogP contribution is 2.42. The molecule has 2 heteroatoms. The fraction of sp³-hybridized carbons (Fsp3) is 1.00. The van der Waals surface area contributed by atoms with Crippen LogP contribution in [-0.2, 0) is 0 Å². The second kappa shape index (κ2) is 4.06. The van der Waals surface area contributed by atoms with Crippen LogP contribution in [0.2, 0.25) is 0 Å². The molecule has 2 N–H and O–H groups in total. The molecule has 0 radical (unpaired) electrons. The lowest BCUT2D eigenvalue weighted by atomic mass is 9.70. The lowest BCUT2D eigenvalue weighted by Gasteiger charge is -2.48. The summed E-state index contributed by atoms with van der Waals surface area (Å²) >= 11 is 0. The van der Waals surface area contributed by atoms with Gasteiger partial charge in [0, 0.05) is 18.1 Å². The summed E-state index contributed by atoms with van der Waals surface area (Å²) in [6.07, 6.45) is 6.78. The van der Waals surface area contributed by atoms with E-state index < -0.39 is 0 Å². The van der Waals surface area contributed by atoms with Gasteiger partial charge in [0.15, 0.2) is 0 Å². The molecule has 88 valence electrons. The minimum atomic E-state index is 0.318. The molecule has 2 nitrogen and oxygen atoms in total. The summed E-state index contributed by atoms with van der Waals surface area (Å²) in [6, 6.07) is 0.839. The van der Waals surface area contributed by atoms with Crippen molar-refractivity contribution in [2.24, 2.45) is 17.6 Å². The third-order valence-electron chi connectivity index (χ3n) is 4.48. The lowest BCUT2D eigenvalue weighted by Crippen LogP contribution is -2.56. The zero-order valence-electron chi connectivity index (χ0n) is 10.5. The maximum Gasteiger partial charge on any atom is 0.0336 e. The predicted octanol–water partition coefficient (Wildman–Crippen LogP) is 2.23. The first-order valence-corrected chi connectivity index (χ1v) is 6.50. The Hall–Kier alpha value is -0.0800. The molecule has 2 aliphatic carbocycles. The Morgan fingerprint density at radius 3 is 2.13 bits per heavy atom. The van der Waals surface area contributed by atoms with Gasteiger partial charge in [-0.25, -0.2) is 0 Å². The van der Waals surface area contributed by atoms with Crippen molar-refractivity contribution in [2.45, 2.75) is 57.5 Å². The quantitative estimate of drug-likeness (QED) is 0.774. The summed E-state index contributed by atoms with van der Waals surface area (Å²) in [6.45, 7) is 5.62. The Bertz CT molecular complexity index is 213. The van der Waals surface area contributed by atoms with Crippen molar-refractivity contribution in [3.8, 4) is 0 Å². The highest BCUT2D eigenvalue weighted by atomic mass is 15.2. The van der Waals surface area contributed by atoms with E-state index in [1.54, 1.807) is 0 Å². The van der Waals surface area contributed by atoms with Crippen molar-refractivity contribution in [1.29, 1.82) is 0 Å². The van der Waals surface area contributed by atoms with Crippen LogP contribution in [-0.4, -0.2) is 30.1 Å². The van der Waals surface area contributed by atoms with Crippen molar-refractivity contribution in [3.63, 3.8) is 0 Å². The van der Waals surface area contributed by atoms with Gasteiger partial charge in [0.2, 0.25) is 0 Å². The molecule has 0 aromatic rings. The topological polar surface area (TPSA) is 29.3 Å². The van der Waals surface area contributed by atoms with Gasteiger partial charge in [-0.15, -0.1) is 0 Å². The van der Waals surface area contributed by atoms with Crippen LogP contribution < -0.4 is 5.73 Å². The van der Waals surface area contributed by atoms with Gasteiger partial charge in [-0.05, 0) is 51.0 Å². The first-order valence-electron chi connectivity index (χ1n) is 6.50. The van der Waals surface area contributed by atoms with Crippen LogP contribution in [0.1, 0.15) is 46.0 Å². The summed E-state index contributed by atoms with van der Waals surface area (Å²) in [5.41, 5.74) is 6.41. The normalized spacial score (nSPS) is 42.2. The lowest BCUT2D eigenvalue weighted by molar-refractivity contribution is 0.0331. The Kier molecular flexibility index (Phi) is 3.09. The monoisotopic (exact) mass is 210 g/mol. The van der Waals surface area contributed by atoms with Gasteiger partial charge in [0.1, 0.15) is 0 Å². The Morgan fingerprint density at radius 2 is 1.73 bits per heavy atom. The number of rotatable bonds is 3. The van der Waals surface area contributed by atoms with Crippen molar-refractivity contribution < 1.29 is 0 Å². The van der Waals surface area contributed by atoms with E-state index in [2.05, 4.69) is 25.8 Å². The highest BCUT2D eigenvalue weighted by Gasteiger charge is 2.44. The van der Waals surface area contributed by atoms with E-state index in [1.165, 1.54) is 32.1 Å². The van der Waals surface area contributed by atoms with E-state index in [0.29, 0.717) is 5.54 Å². The molecule has 15 heavy (non-hydrogen) atoms. The number of likely N-dealkylation sites (N-methyl/N-ethyl adjacent to an activating group) is 1. The highest BCUT2D eigenvalue weighted by molar-refractivity contribution is 5.01. The smallest absolute Gasteiger partial charge is 0.0336 e. The average molecular weight is 210 g/mol. The van der Waals surface area contributed by atoms with Gasteiger partial charge in [-0.3, -0.25) is 4.90 Å². The molecule has 0 heterocycles. The fourth-order valence-electron chi connectivity index (χ4n) is 3.68. The van der Waals surface area contributed by atoms with E-state index in [0.717, 1.165) is 24.4 Å². The predicted molar refractivity (Wildman–Crippen MR) is 64.7 cm³/mol. The maximum atomic E-state index is 6.09. The zero-order valence-corrected chi connectivity index (χ0v) is 10.5. The van der Waals surface area contributed by atoms with Crippen molar-refractivity contribution in [2.75, 3.05) is 13.6 Å². The number of nitrogens with zero attached hydrogens (tertiary/aromatic N) is 1. The molecule has 2 fully saturated rings. The summed E-state index contributed by atoms with van der Waals surface area (Å²) in [5, 5.41) is 0. The molecular formula is C13H26N2. The molecule has 2 unspecified atom stereocenters. The number of hydrogen-bond donors (Lipinski definition) is 1. The van der Waals surface area contributed by atoms with Crippen LogP contribution in [0.4, 0.5) is 0 Å². The van der Waals surface area contributed by atoms with Gasteiger partial charge < -0.3 is 5.73 Å². The molecule has 2 atom stereocenters. The summed E-state index contributed by atoms with van der Waals surface area (Å²) in [5.74, 6) is 1.69. The molecule has 2 rings (SSSR count). The van der Waals surface area contributed by atoms with Crippen LogP contribution in [0.3, 0.4) is 0 Å². The minimum Gasteiger partial charge on any atom is -0.329 e. The van der Waals surface area contributed by atoms with E-state index in [4.69, 9.17) is 5.73 Å². The fourth-order valence-corrected chi connectivity index (χ4v) is 3.68. The molecule has 0 aromatic heterocycles. The third kappa shape index (κ3) is 2.21. The van der Waals surface area contributed by atoms with Crippen molar-refractivity contribution in [3.05, 3.63) is 0 Å². The first kappa shape index (κ1) is 11.4. The molecular weight excluding hydrogens is 184 g/mol. The molecule has 0 spiro atoms. The summed E-state index contributed by atoms with van der Waals surface area (Å²) in [4.78, 5) is 2.61. The van der Waals surface area contributed by atoms with Crippen molar-refractivity contribution >= 4 is 0 Å². The van der Waals surface area contributed by atoms with E-state index in [-0.39, 0.29) is 0 Å². The van der Waals surface area contributed by atoms with Crippen LogP contribution >= 0.6 is 0 Å². The van der Waals surface area contributed by atoms with Crippen molar-refractivity contribution in [1.82, 2.24) is 4.90 Å². The zero-order chi connectivity index (χ0) is 11.1. The van der Waals surface area contributed by atoms with Crippen LogP contribution in [0.5, 0.6) is 0 Å². The van der Waals surface area contributed by atoms with E-state index >= 15 is 0 Å². The van der Waals surface area contributed by atoms with E-state index in [9.17, 15) is 0 Å².